The van der Waals surface area contributed by atoms with Crippen LogP contribution in [0.3, 0.4) is 0 Å². The third-order valence-corrected chi connectivity index (χ3v) is 15.3. The molecule has 23 heavy (non-hydrogen) atoms. The fourth-order valence-electron chi connectivity index (χ4n) is 2.32. The van der Waals surface area contributed by atoms with Gasteiger partial charge in [-0.05, 0) is 58.9 Å². The van der Waals surface area contributed by atoms with E-state index >= 15 is 0 Å². The predicted molar refractivity (Wildman–Crippen MR) is 114 cm³/mol. The molecule has 0 aliphatic rings. The molecule has 0 radical (unpaired) electrons. The van der Waals surface area contributed by atoms with E-state index in [0.717, 1.165) is 0 Å². The minimum absolute atomic E-state index is 0. The van der Waals surface area contributed by atoms with Gasteiger partial charge in [-0.3, -0.25) is 0 Å². The van der Waals surface area contributed by atoms with Gasteiger partial charge in [0.25, 0.3) is 0 Å². The summed E-state index contributed by atoms with van der Waals surface area (Å²) >= 11 is 0. The Bertz CT molecular complexity index is 320. The van der Waals surface area contributed by atoms with Gasteiger partial charge < -0.3 is 23.4 Å². The first kappa shape index (κ1) is 28.2. The molecule has 1 atom stereocenters. The van der Waals surface area contributed by atoms with Crippen LogP contribution in [-0.2, 0) is 12.3 Å². The molecule has 0 spiro atoms. The first-order chi connectivity index (χ1) is 9.68. The lowest BCUT2D eigenvalue weighted by Gasteiger charge is -2.41. The first-order valence-electron chi connectivity index (χ1n) is 7.69. The molecule has 0 bridgehead atoms. The standard InChI is InChI=1S/C11H34N2O3Si4.C2H4.CH4/c1-17(2,3)14-19(7,8)16-20(9,11-13-10-12)15-18(4,5)6;1-2;/h13H,10-12H2,1-9H3;1-2H2;1H4. The molecule has 0 saturated heterocycles. The van der Waals surface area contributed by atoms with Crippen LogP contribution in [0.5, 0.6) is 0 Å². The molecular formula is C14H42N2O3Si4. The van der Waals surface area contributed by atoms with Crippen LogP contribution in [0.15, 0.2) is 13.2 Å². The van der Waals surface area contributed by atoms with Crippen LogP contribution < -0.4 is 11.1 Å². The highest BCUT2D eigenvalue weighted by Crippen LogP contribution is 2.23. The molecule has 9 heteroatoms. The van der Waals surface area contributed by atoms with Crippen LogP contribution in [0.2, 0.25) is 58.9 Å². The van der Waals surface area contributed by atoms with E-state index in [1.54, 1.807) is 0 Å². The number of hydrogen-bond acceptors (Lipinski definition) is 5. The Kier molecular flexibility index (Phi) is 13.6. The van der Waals surface area contributed by atoms with E-state index in [4.69, 9.17) is 18.1 Å². The molecule has 0 fully saturated rings. The van der Waals surface area contributed by atoms with Gasteiger partial charge >= 0.3 is 17.1 Å². The summed E-state index contributed by atoms with van der Waals surface area (Å²) < 4.78 is 19.1. The van der Waals surface area contributed by atoms with E-state index in [2.05, 4.69) is 77.4 Å². The quantitative estimate of drug-likeness (QED) is 0.349. The average molecular weight is 399 g/mol. The number of nitrogens with two attached hydrogens (primary N) is 1. The summed E-state index contributed by atoms with van der Waals surface area (Å²) in [5.41, 5.74) is 5.56. The van der Waals surface area contributed by atoms with E-state index in [1.165, 1.54) is 0 Å². The zero-order valence-electron chi connectivity index (χ0n) is 16.1. The molecule has 0 aromatic carbocycles. The van der Waals surface area contributed by atoms with Gasteiger partial charge in [0, 0.05) is 12.8 Å². The molecule has 0 aromatic rings. The molecule has 0 heterocycles. The highest BCUT2D eigenvalue weighted by atomic mass is 28.5. The van der Waals surface area contributed by atoms with Crippen molar-refractivity contribution in [1.29, 1.82) is 0 Å². The Morgan fingerprint density at radius 1 is 0.783 bits per heavy atom. The fraction of sp³-hybridized carbons (Fsp3) is 0.857. The Morgan fingerprint density at radius 3 is 1.48 bits per heavy atom. The second-order valence-corrected chi connectivity index (χ2v) is 24.0. The van der Waals surface area contributed by atoms with Gasteiger partial charge in [0.2, 0.25) is 0 Å². The van der Waals surface area contributed by atoms with Gasteiger partial charge in [-0.25, -0.2) is 0 Å². The van der Waals surface area contributed by atoms with Crippen molar-refractivity contribution in [1.82, 2.24) is 5.32 Å². The lowest BCUT2D eigenvalue weighted by atomic mass is 11.1. The Hall–Kier alpha value is 0.408. The Balaban J connectivity index is -0.00000128. The number of nitrogens with one attached hydrogen (secondary N) is 1. The lowest BCUT2D eigenvalue weighted by molar-refractivity contribution is 0.321. The SMILES string of the molecule is C.C=C.C[Si](C)(C)O[Si](C)(C)O[Si](C)(CNCN)O[Si](C)(C)C. The minimum atomic E-state index is -2.31. The van der Waals surface area contributed by atoms with E-state index in [1.807, 2.05) is 0 Å². The highest BCUT2D eigenvalue weighted by molar-refractivity contribution is 6.89. The van der Waals surface area contributed by atoms with Crippen LogP contribution in [0.25, 0.3) is 0 Å². The van der Waals surface area contributed by atoms with E-state index < -0.39 is 33.8 Å². The molecule has 0 aliphatic carbocycles. The zero-order valence-corrected chi connectivity index (χ0v) is 20.1. The van der Waals surface area contributed by atoms with E-state index in [9.17, 15) is 0 Å². The zero-order chi connectivity index (χ0) is 18.2. The van der Waals surface area contributed by atoms with Crippen molar-refractivity contribution in [3.8, 4) is 0 Å². The van der Waals surface area contributed by atoms with Crippen molar-refractivity contribution in [2.24, 2.45) is 5.73 Å². The molecule has 142 valence electrons. The van der Waals surface area contributed by atoms with Crippen LogP contribution in [-0.4, -0.2) is 46.6 Å². The minimum Gasteiger partial charge on any atom is -0.437 e. The largest absolute Gasteiger partial charge is 0.437 e. The van der Waals surface area contributed by atoms with Gasteiger partial charge in [-0.2, -0.15) is 0 Å². The second kappa shape index (κ2) is 11.1. The lowest BCUT2D eigenvalue weighted by Crippen LogP contribution is -2.61. The average Bonchev–Trinajstić information content (AvgIpc) is 2.22. The fourth-order valence-corrected chi connectivity index (χ4v) is 19.8. The first-order valence-corrected chi connectivity index (χ1v) is 19.9. The molecule has 0 aromatic heterocycles. The van der Waals surface area contributed by atoms with E-state index in [-0.39, 0.29) is 7.43 Å². The van der Waals surface area contributed by atoms with Gasteiger partial charge in [-0.1, -0.05) is 7.43 Å². The molecule has 0 rings (SSSR count). The summed E-state index contributed by atoms with van der Waals surface area (Å²) in [7, 11) is -7.78. The van der Waals surface area contributed by atoms with Crippen LogP contribution >= 0.6 is 0 Å². The van der Waals surface area contributed by atoms with Crippen molar-refractivity contribution < 1.29 is 12.3 Å². The smallest absolute Gasteiger partial charge is 0.330 e. The summed E-state index contributed by atoms with van der Waals surface area (Å²) in [6.45, 7) is 26.0. The number of hydrogen-bond donors (Lipinski definition) is 2. The molecule has 0 saturated carbocycles. The maximum atomic E-state index is 6.46. The Labute approximate surface area is 149 Å². The predicted octanol–water partition coefficient (Wildman–Crippen LogP) is 3.96. The van der Waals surface area contributed by atoms with E-state index in [0.29, 0.717) is 12.8 Å². The van der Waals surface area contributed by atoms with Gasteiger partial charge in [-0.15, -0.1) is 13.2 Å². The van der Waals surface area contributed by atoms with Crippen molar-refractivity contribution in [2.75, 3.05) is 12.8 Å². The van der Waals surface area contributed by atoms with Gasteiger partial charge in [0.05, 0.1) is 0 Å². The number of rotatable bonds is 9. The molecule has 5 nitrogen and oxygen atoms in total. The molecule has 0 aliphatic heterocycles. The summed E-state index contributed by atoms with van der Waals surface area (Å²) in [5.74, 6) is 0. The van der Waals surface area contributed by atoms with Gasteiger partial charge in [0.1, 0.15) is 0 Å². The summed E-state index contributed by atoms with van der Waals surface area (Å²) in [6.07, 6.45) is 0.708. The highest BCUT2D eigenvalue weighted by Gasteiger charge is 2.44. The second-order valence-electron chi connectivity index (χ2n) is 7.70. The summed E-state index contributed by atoms with van der Waals surface area (Å²) in [6, 6.07) is 0. The molecule has 3 N–H and O–H groups in total. The third-order valence-electron chi connectivity index (χ3n) is 2.13. The Morgan fingerprint density at radius 2 is 1.17 bits per heavy atom. The normalized spacial score (nSPS) is 15.0. The molecular weight excluding hydrogens is 357 g/mol. The summed E-state index contributed by atoms with van der Waals surface area (Å²) in [4.78, 5) is 0. The van der Waals surface area contributed by atoms with Crippen LogP contribution in [0, 0.1) is 0 Å². The van der Waals surface area contributed by atoms with Crippen LogP contribution in [0.1, 0.15) is 7.43 Å². The maximum Gasteiger partial charge on any atom is 0.330 e. The maximum absolute atomic E-state index is 6.46. The van der Waals surface area contributed by atoms with Crippen molar-refractivity contribution >= 4 is 33.8 Å². The monoisotopic (exact) mass is 398 g/mol. The molecule has 0 amide bonds. The van der Waals surface area contributed by atoms with Crippen LogP contribution in [0.4, 0.5) is 0 Å². The van der Waals surface area contributed by atoms with Gasteiger partial charge in [0.15, 0.2) is 16.6 Å². The van der Waals surface area contributed by atoms with Crippen molar-refractivity contribution in [3.05, 3.63) is 13.2 Å². The molecule has 1 unspecified atom stereocenters. The third kappa shape index (κ3) is 17.0. The van der Waals surface area contributed by atoms with Crippen molar-refractivity contribution in [3.63, 3.8) is 0 Å². The topological polar surface area (TPSA) is 65.7 Å². The van der Waals surface area contributed by atoms with Crippen molar-refractivity contribution in [2.45, 2.75) is 66.3 Å². The summed E-state index contributed by atoms with van der Waals surface area (Å²) in [5, 5.41) is 3.19.